The van der Waals surface area contributed by atoms with Crippen LogP contribution in [-0.2, 0) is 0 Å². The number of alkyl halides is 3. The van der Waals surface area contributed by atoms with Crippen molar-refractivity contribution in [2.24, 2.45) is 0 Å². The summed E-state index contributed by atoms with van der Waals surface area (Å²) in [5.41, 5.74) is 0.0162. The van der Waals surface area contributed by atoms with Gasteiger partial charge in [0.15, 0.2) is 0 Å². The van der Waals surface area contributed by atoms with E-state index in [-0.39, 0.29) is 11.3 Å². The molecule has 1 rings (SSSR count). The highest BCUT2D eigenvalue weighted by molar-refractivity contribution is 5.71. The van der Waals surface area contributed by atoms with Crippen molar-refractivity contribution in [3.8, 4) is 0 Å². The molecule has 0 bridgehead atoms. The number of hydrogen-bond acceptors (Lipinski definition) is 1. The molecule has 0 spiro atoms. The first-order valence-corrected chi connectivity index (χ1v) is 4.51. The van der Waals surface area contributed by atoms with E-state index in [0.29, 0.717) is 11.5 Å². The molecule has 0 atom stereocenters. The van der Waals surface area contributed by atoms with E-state index in [9.17, 15) is 13.2 Å². The van der Waals surface area contributed by atoms with Crippen LogP contribution in [0.5, 0.6) is 0 Å². The van der Waals surface area contributed by atoms with Gasteiger partial charge in [0, 0.05) is 5.69 Å². The summed E-state index contributed by atoms with van der Waals surface area (Å²) < 4.78 is 38.2. The molecule has 1 N–H and O–H groups in total. The molecule has 2 nitrogen and oxygen atoms in total. The molecule has 0 fully saturated rings. The third-order valence-electron chi connectivity index (χ3n) is 2.02. The molecule has 1 aromatic rings. The molecule has 5 heteroatoms. The Morgan fingerprint density at radius 2 is 1.73 bits per heavy atom. The summed E-state index contributed by atoms with van der Waals surface area (Å²) in [4.78, 5) is 6.63. The van der Waals surface area contributed by atoms with Crippen molar-refractivity contribution in [3.05, 3.63) is 22.8 Å². The number of nitrogens with zero attached hydrogens (tertiary/aromatic N) is 1. The molecule has 15 heavy (non-hydrogen) atoms. The van der Waals surface area contributed by atoms with E-state index in [2.05, 4.69) is 9.97 Å². The molecule has 1 aromatic heterocycles. The molecule has 0 aromatic carbocycles. The van der Waals surface area contributed by atoms with Gasteiger partial charge < -0.3 is 4.98 Å². The van der Waals surface area contributed by atoms with E-state index in [1.807, 2.05) is 0 Å². The van der Waals surface area contributed by atoms with Crippen LogP contribution < -0.4 is 0 Å². The van der Waals surface area contributed by atoms with Crippen molar-refractivity contribution in [3.63, 3.8) is 0 Å². The molecule has 0 amide bonds. The second kappa shape index (κ2) is 3.72. The maximum absolute atomic E-state index is 12.7. The van der Waals surface area contributed by atoms with Crippen molar-refractivity contribution in [2.45, 2.75) is 33.9 Å². The van der Waals surface area contributed by atoms with Crippen molar-refractivity contribution < 1.29 is 13.2 Å². The largest absolute Gasteiger partial charge is 0.418 e. The molecule has 0 unspecified atom stereocenters. The van der Waals surface area contributed by atoms with Gasteiger partial charge in [0.05, 0.1) is 11.3 Å². The first-order chi connectivity index (χ1) is 6.73. The average molecular weight is 218 g/mol. The summed E-state index contributed by atoms with van der Waals surface area (Å²) in [6, 6.07) is 0. The minimum absolute atomic E-state index is 0.000000000000000222. The maximum atomic E-state index is 12.7. The highest BCUT2D eigenvalue weighted by Crippen LogP contribution is 2.36. The fourth-order valence-electron chi connectivity index (χ4n) is 1.51. The number of hydrogen-bond donors (Lipinski definition) is 1. The molecule has 0 aliphatic heterocycles. The monoisotopic (exact) mass is 218 g/mol. The summed E-state index contributed by atoms with van der Waals surface area (Å²) in [5.74, 6) is 0.491. The molecule has 0 aliphatic carbocycles. The summed E-state index contributed by atoms with van der Waals surface area (Å²) in [6.07, 6.45) is -4.36. The van der Waals surface area contributed by atoms with E-state index in [1.165, 1.54) is 13.8 Å². The Kier molecular flexibility index (Phi) is 2.93. The van der Waals surface area contributed by atoms with E-state index in [1.54, 1.807) is 13.8 Å². The van der Waals surface area contributed by atoms with E-state index >= 15 is 0 Å². The SMILES string of the molecule is CC(C)=C(c1nc(C)[nH]c1C)C(F)(F)F. The van der Waals surface area contributed by atoms with Gasteiger partial charge in [-0.1, -0.05) is 5.57 Å². The Hall–Kier alpha value is -1.26. The zero-order valence-electron chi connectivity index (χ0n) is 9.08. The number of rotatable bonds is 1. The minimum Gasteiger partial charge on any atom is -0.346 e. The van der Waals surface area contributed by atoms with Gasteiger partial charge in [-0.2, -0.15) is 13.2 Å². The number of nitrogens with one attached hydrogen (secondary N) is 1. The summed E-state index contributed by atoms with van der Waals surface area (Å²) in [5, 5.41) is 0. The van der Waals surface area contributed by atoms with Crippen molar-refractivity contribution >= 4 is 5.57 Å². The second-order valence-corrected chi connectivity index (χ2v) is 3.67. The lowest BCUT2D eigenvalue weighted by molar-refractivity contribution is -0.0696. The highest BCUT2D eigenvalue weighted by atomic mass is 19.4. The van der Waals surface area contributed by atoms with Crippen LogP contribution in [0.25, 0.3) is 5.57 Å². The van der Waals surface area contributed by atoms with Crippen LogP contribution in [0.15, 0.2) is 5.57 Å². The van der Waals surface area contributed by atoms with Gasteiger partial charge in [-0.25, -0.2) is 4.98 Å². The highest BCUT2D eigenvalue weighted by Gasteiger charge is 2.37. The van der Waals surface area contributed by atoms with Gasteiger partial charge >= 0.3 is 6.18 Å². The van der Waals surface area contributed by atoms with Crippen LogP contribution >= 0.6 is 0 Å². The number of aromatic nitrogens is 2. The fourth-order valence-corrected chi connectivity index (χ4v) is 1.51. The van der Waals surface area contributed by atoms with Crippen LogP contribution in [0.4, 0.5) is 13.2 Å². The summed E-state index contributed by atoms with van der Waals surface area (Å²) in [7, 11) is 0. The van der Waals surface area contributed by atoms with Gasteiger partial charge in [0.25, 0.3) is 0 Å². The zero-order chi connectivity index (χ0) is 11.8. The van der Waals surface area contributed by atoms with Crippen LogP contribution in [0, 0.1) is 13.8 Å². The van der Waals surface area contributed by atoms with Crippen LogP contribution in [0.3, 0.4) is 0 Å². The lowest BCUT2D eigenvalue weighted by Gasteiger charge is -2.12. The molecule has 0 saturated carbocycles. The number of allylic oxidation sites excluding steroid dienone is 2. The Morgan fingerprint density at radius 3 is 2.00 bits per heavy atom. The minimum atomic E-state index is -4.36. The Bertz CT molecular complexity index is 395. The molecular weight excluding hydrogens is 205 g/mol. The first kappa shape index (κ1) is 11.8. The number of aryl methyl sites for hydroxylation is 2. The lowest BCUT2D eigenvalue weighted by Crippen LogP contribution is -2.13. The smallest absolute Gasteiger partial charge is 0.346 e. The van der Waals surface area contributed by atoms with Gasteiger partial charge in [0.2, 0.25) is 0 Å². The van der Waals surface area contributed by atoms with Gasteiger partial charge in [-0.05, 0) is 27.7 Å². The van der Waals surface area contributed by atoms with E-state index < -0.39 is 11.7 Å². The second-order valence-electron chi connectivity index (χ2n) is 3.67. The summed E-state index contributed by atoms with van der Waals surface area (Å²) >= 11 is 0. The molecule has 1 heterocycles. The number of imidazole rings is 1. The maximum Gasteiger partial charge on any atom is 0.418 e. The lowest BCUT2D eigenvalue weighted by atomic mass is 10.1. The molecule has 0 aliphatic rings. The third kappa shape index (κ3) is 2.40. The van der Waals surface area contributed by atoms with Crippen molar-refractivity contribution in [1.29, 1.82) is 0 Å². The Labute approximate surface area is 86.2 Å². The normalized spacial score (nSPS) is 11.7. The van der Waals surface area contributed by atoms with Gasteiger partial charge in [0.1, 0.15) is 5.82 Å². The predicted octanol–water partition coefficient (Wildman–Crippen LogP) is 3.38. The van der Waals surface area contributed by atoms with E-state index in [0.717, 1.165) is 0 Å². The fraction of sp³-hybridized carbons (Fsp3) is 0.500. The standard InChI is InChI=1S/C10H13F3N2/c1-5(2)8(10(11,12)13)9-6(3)14-7(4)15-9/h1-4H3,(H,14,15). The van der Waals surface area contributed by atoms with Crippen LogP contribution in [0.1, 0.15) is 31.1 Å². The van der Waals surface area contributed by atoms with Crippen LogP contribution in [-0.4, -0.2) is 16.1 Å². The molecule has 0 radical (unpaired) electrons. The zero-order valence-corrected chi connectivity index (χ0v) is 9.08. The van der Waals surface area contributed by atoms with Crippen LogP contribution in [0.2, 0.25) is 0 Å². The Balaban J connectivity index is 3.37. The number of aromatic amines is 1. The quantitative estimate of drug-likeness (QED) is 0.769. The number of H-pyrrole nitrogens is 1. The number of halogens is 3. The van der Waals surface area contributed by atoms with Gasteiger partial charge in [-0.15, -0.1) is 0 Å². The Morgan fingerprint density at radius 1 is 1.20 bits per heavy atom. The van der Waals surface area contributed by atoms with Crippen molar-refractivity contribution in [1.82, 2.24) is 9.97 Å². The molecule has 0 saturated heterocycles. The molecule has 84 valence electrons. The molecular formula is C10H13F3N2. The topological polar surface area (TPSA) is 28.7 Å². The van der Waals surface area contributed by atoms with Gasteiger partial charge in [-0.3, -0.25) is 0 Å². The third-order valence-corrected chi connectivity index (χ3v) is 2.02. The first-order valence-electron chi connectivity index (χ1n) is 4.51. The van der Waals surface area contributed by atoms with Crippen molar-refractivity contribution in [2.75, 3.05) is 0 Å². The predicted molar refractivity (Wildman–Crippen MR) is 52.4 cm³/mol. The van der Waals surface area contributed by atoms with E-state index in [4.69, 9.17) is 0 Å². The summed E-state index contributed by atoms with van der Waals surface area (Å²) in [6.45, 7) is 6.10. The average Bonchev–Trinajstić information content (AvgIpc) is 2.26.